The van der Waals surface area contributed by atoms with Gasteiger partial charge < -0.3 is 15.2 Å². The van der Waals surface area contributed by atoms with Crippen molar-refractivity contribution in [1.29, 1.82) is 0 Å². The first-order valence-corrected chi connectivity index (χ1v) is 7.16. The molecule has 0 spiro atoms. The number of ether oxygens (including phenoxy) is 1. The van der Waals surface area contributed by atoms with Gasteiger partial charge in [-0.1, -0.05) is 30.3 Å². The summed E-state index contributed by atoms with van der Waals surface area (Å²) >= 11 is 0. The molecule has 21 heavy (non-hydrogen) atoms. The highest BCUT2D eigenvalue weighted by molar-refractivity contribution is 6.01. The smallest absolute Gasteiger partial charge is 0.305 e. The zero-order chi connectivity index (χ0) is 15.7. The van der Waals surface area contributed by atoms with E-state index in [4.69, 9.17) is 9.84 Å². The Morgan fingerprint density at radius 2 is 1.90 bits per heavy atom. The highest BCUT2D eigenvalue weighted by Gasteiger charge is 2.22. The van der Waals surface area contributed by atoms with Gasteiger partial charge in [-0.05, 0) is 26.8 Å². The topological polar surface area (TPSA) is 75.6 Å². The standard InChI is InChI=1S/C16H23NO4/c1-12(2)21-10-6-9-17-14(11-15(18)19)16(20)13-7-4-3-5-8-13/h3-5,7-8,12,14,17H,6,9-11H2,1-2H3,(H,18,19). The quantitative estimate of drug-likeness (QED) is 0.510. The number of hydrogen-bond donors (Lipinski definition) is 2. The van der Waals surface area contributed by atoms with Crippen LogP contribution in [0.2, 0.25) is 0 Å². The van der Waals surface area contributed by atoms with Crippen LogP contribution in [0, 0.1) is 0 Å². The summed E-state index contributed by atoms with van der Waals surface area (Å²) < 4.78 is 5.41. The van der Waals surface area contributed by atoms with E-state index in [0.717, 1.165) is 6.42 Å². The number of rotatable bonds is 10. The predicted octanol–water partition coefficient (Wildman–Crippen LogP) is 2.12. The van der Waals surface area contributed by atoms with Crippen LogP contribution in [0.4, 0.5) is 0 Å². The third-order valence-electron chi connectivity index (χ3n) is 2.92. The lowest BCUT2D eigenvalue weighted by Crippen LogP contribution is -2.39. The molecule has 0 aromatic heterocycles. The summed E-state index contributed by atoms with van der Waals surface area (Å²) in [5, 5.41) is 12.0. The summed E-state index contributed by atoms with van der Waals surface area (Å²) in [6.45, 7) is 5.05. The molecular weight excluding hydrogens is 270 g/mol. The molecule has 1 rings (SSSR count). The van der Waals surface area contributed by atoms with Crippen LogP contribution >= 0.6 is 0 Å². The second-order valence-electron chi connectivity index (χ2n) is 5.11. The van der Waals surface area contributed by atoms with Crippen LogP contribution in [0.25, 0.3) is 0 Å². The number of carbonyl (C=O) groups is 2. The van der Waals surface area contributed by atoms with Crippen molar-refractivity contribution in [2.75, 3.05) is 13.2 Å². The monoisotopic (exact) mass is 293 g/mol. The molecule has 0 bridgehead atoms. The molecular formula is C16H23NO4. The highest BCUT2D eigenvalue weighted by atomic mass is 16.5. The van der Waals surface area contributed by atoms with Crippen LogP contribution < -0.4 is 5.32 Å². The van der Waals surface area contributed by atoms with Crippen LogP contribution in [-0.4, -0.2) is 42.2 Å². The molecule has 0 saturated carbocycles. The van der Waals surface area contributed by atoms with Crippen molar-refractivity contribution < 1.29 is 19.4 Å². The molecule has 5 nitrogen and oxygen atoms in total. The van der Waals surface area contributed by atoms with E-state index in [0.29, 0.717) is 18.7 Å². The van der Waals surface area contributed by atoms with E-state index in [-0.39, 0.29) is 18.3 Å². The molecule has 1 aromatic rings. The predicted molar refractivity (Wildman–Crippen MR) is 80.5 cm³/mol. The molecule has 0 saturated heterocycles. The maximum absolute atomic E-state index is 12.3. The van der Waals surface area contributed by atoms with Crippen molar-refractivity contribution in [3.63, 3.8) is 0 Å². The first-order valence-electron chi connectivity index (χ1n) is 7.16. The molecule has 2 N–H and O–H groups in total. The minimum Gasteiger partial charge on any atom is -0.481 e. The van der Waals surface area contributed by atoms with E-state index in [1.165, 1.54) is 0 Å². The van der Waals surface area contributed by atoms with Crippen molar-refractivity contribution in [1.82, 2.24) is 5.32 Å². The Morgan fingerprint density at radius 3 is 2.48 bits per heavy atom. The van der Waals surface area contributed by atoms with E-state index >= 15 is 0 Å². The molecule has 0 aliphatic carbocycles. The van der Waals surface area contributed by atoms with Crippen molar-refractivity contribution in [2.24, 2.45) is 0 Å². The van der Waals surface area contributed by atoms with Crippen LogP contribution in [0.3, 0.4) is 0 Å². The van der Waals surface area contributed by atoms with Crippen LogP contribution in [0.15, 0.2) is 30.3 Å². The van der Waals surface area contributed by atoms with Crippen LogP contribution in [0.5, 0.6) is 0 Å². The Morgan fingerprint density at radius 1 is 1.24 bits per heavy atom. The summed E-state index contributed by atoms with van der Waals surface area (Å²) in [6.07, 6.45) is 0.681. The molecule has 0 aliphatic rings. The molecule has 0 aliphatic heterocycles. The number of ketones is 1. The van der Waals surface area contributed by atoms with Gasteiger partial charge in [0.2, 0.25) is 0 Å². The fourth-order valence-corrected chi connectivity index (χ4v) is 1.90. The van der Waals surface area contributed by atoms with Crippen molar-refractivity contribution >= 4 is 11.8 Å². The summed E-state index contributed by atoms with van der Waals surface area (Å²) in [4.78, 5) is 23.2. The van der Waals surface area contributed by atoms with Crippen molar-refractivity contribution in [2.45, 2.75) is 38.8 Å². The lowest BCUT2D eigenvalue weighted by Gasteiger charge is -2.16. The largest absolute Gasteiger partial charge is 0.481 e. The second kappa shape index (κ2) is 9.26. The molecule has 1 unspecified atom stereocenters. The summed E-state index contributed by atoms with van der Waals surface area (Å²) in [5.74, 6) is -1.18. The lowest BCUT2D eigenvalue weighted by molar-refractivity contribution is -0.137. The van der Waals surface area contributed by atoms with E-state index < -0.39 is 12.0 Å². The highest BCUT2D eigenvalue weighted by Crippen LogP contribution is 2.06. The Bertz CT molecular complexity index is 445. The number of carboxylic acids is 1. The molecule has 0 heterocycles. The maximum Gasteiger partial charge on any atom is 0.305 e. The number of Topliss-reactive ketones (excluding diaryl/α,β-unsaturated/α-hetero) is 1. The molecule has 0 radical (unpaired) electrons. The van der Waals surface area contributed by atoms with Gasteiger partial charge in [-0.15, -0.1) is 0 Å². The molecule has 116 valence electrons. The average molecular weight is 293 g/mol. The fourth-order valence-electron chi connectivity index (χ4n) is 1.90. The normalized spacial score (nSPS) is 12.3. The van der Waals surface area contributed by atoms with Gasteiger partial charge in [0.05, 0.1) is 18.6 Å². The zero-order valence-electron chi connectivity index (χ0n) is 12.5. The zero-order valence-corrected chi connectivity index (χ0v) is 12.5. The molecule has 1 aromatic carbocycles. The third-order valence-corrected chi connectivity index (χ3v) is 2.92. The van der Waals surface area contributed by atoms with E-state index in [2.05, 4.69) is 5.32 Å². The number of benzene rings is 1. The van der Waals surface area contributed by atoms with Gasteiger partial charge >= 0.3 is 5.97 Å². The summed E-state index contributed by atoms with van der Waals surface area (Å²) in [6, 6.07) is 8.04. The number of nitrogens with one attached hydrogen (secondary N) is 1. The number of carbonyl (C=O) groups excluding carboxylic acids is 1. The molecule has 5 heteroatoms. The van der Waals surface area contributed by atoms with Crippen molar-refractivity contribution in [3.05, 3.63) is 35.9 Å². The van der Waals surface area contributed by atoms with Gasteiger partial charge in [-0.3, -0.25) is 9.59 Å². The van der Waals surface area contributed by atoms with E-state index in [1.807, 2.05) is 19.9 Å². The fraction of sp³-hybridized carbons (Fsp3) is 0.500. The number of aliphatic carboxylic acids is 1. The minimum absolute atomic E-state index is 0.172. The van der Waals surface area contributed by atoms with Crippen LogP contribution in [-0.2, 0) is 9.53 Å². The molecule has 1 atom stereocenters. The Hall–Kier alpha value is -1.72. The van der Waals surface area contributed by atoms with Gasteiger partial charge in [0.15, 0.2) is 5.78 Å². The molecule has 0 fully saturated rings. The van der Waals surface area contributed by atoms with Gasteiger partial charge in [0.1, 0.15) is 0 Å². The molecule has 0 amide bonds. The van der Waals surface area contributed by atoms with E-state index in [9.17, 15) is 9.59 Å². The Balaban J connectivity index is 2.51. The summed E-state index contributed by atoms with van der Waals surface area (Å²) in [5.41, 5.74) is 0.523. The summed E-state index contributed by atoms with van der Waals surface area (Å²) in [7, 11) is 0. The van der Waals surface area contributed by atoms with Crippen LogP contribution in [0.1, 0.15) is 37.0 Å². The Kier molecular flexibility index (Phi) is 7.64. The van der Waals surface area contributed by atoms with Gasteiger partial charge in [-0.25, -0.2) is 0 Å². The van der Waals surface area contributed by atoms with Gasteiger partial charge in [0, 0.05) is 12.2 Å². The van der Waals surface area contributed by atoms with Gasteiger partial charge in [-0.2, -0.15) is 0 Å². The SMILES string of the molecule is CC(C)OCCCNC(CC(=O)O)C(=O)c1ccccc1. The number of carboxylic acid groups (broad SMARTS) is 1. The lowest BCUT2D eigenvalue weighted by atomic mass is 10.0. The Labute approximate surface area is 125 Å². The van der Waals surface area contributed by atoms with Gasteiger partial charge in [0.25, 0.3) is 0 Å². The second-order valence-corrected chi connectivity index (χ2v) is 5.11. The average Bonchev–Trinajstić information content (AvgIpc) is 2.45. The first-order chi connectivity index (χ1) is 10.0. The maximum atomic E-state index is 12.3. The van der Waals surface area contributed by atoms with Crippen molar-refractivity contribution in [3.8, 4) is 0 Å². The minimum atomic E-state index is -0.991. The third kappa shape index (κ3) is 7.02. The first kappa shape index (κ1) is 17.3. The number of hydrogen-bond acceptors (Lipinski definition) is 4. The van der Waals surface area contributed by atoms with E-state index in [1.54, 1.807) is 24.3 Å².